The molecule has 1 unspecified atom stereocenters. The van der Waals surface area contributed by atoms with Gasteiger partial charge in [-0.1, -0.05) is 6.07 Å². The van der Waals surface area contributed by atoms with Crippen molar-refractivity contribution in [1.82, 2.24) is 14.1 Å². The van der Waals surface area contributed by atoms with Crippen molar-refractivity contribution in [2.24, 2.45) is 5.92 Å². The van der Waals surface area contributed by atoms with Crippen LogP contribution in [-0.4, -0.2) is 62.9 Å². The van der Waals surface area contributed by atoms with Gasteiger partial charge in [-0.2, -0.15) is 5.10 Å². The Hall–Kier alpha value is -2.22. The molecule has 1 atom stereocenters. The molecule has 0 amide bonds. The third-order valence-corrected chi connectivity index (χ3v) is 8.20. The zero-order valence-electron chi connectivity index (χ0n) is 21.0. The maximum absolute atomic E-state index is 5.81. The molecule has 34 heavy (non-hydrogen) atoms. The van der Waals surface area contributed by atoms with Gasteiger partial charge in [0.15, 0.2) is 10.7 Å². The van der Waals surface area contributed by atoms with Crippen LogP contribution in [0, 0.1) is 12.8 Å². The van der Waals surface area contributed by atoms with Gasteiger partial charge in [-0.3, -0.25) is 4.48 Å². The standard InChI is InChI=1S/C27H36N3O3S/c1-18-15-23(31-3)25(24(16-18)32-4)21-7-6-8-22-26(27(34-5)28-29(21)22)30(2,17-19-9-10-19)20-11-13-33-14-12-20/h6-8,15-16,19-20H,9-14,17H2,1-5H3/q+1. The number of methoxy groups -OCH3 is 2. The lowest BCUT2D eigenvalue weighted by molar-refractivity contribution is 0.0432. The maximum Gasteiger partial charge on any atom is 0.193 e. The highest BCUT2D eigenvalue weighted by Crippen LogP contribution is 2.46. The molecular formula is C27H36N3O3S+. The molecule has 2 aromatic heterocycles. The average molecular weight is 483 g/mol. The normalized spacial score (nSPS) is 18.7. The predicted molar refractivity (Wildman–Crippen MR) is 139 cm³/mol. The van der Waals surface area contributed by atoms with E-state index in [-0.39, 0.29) is 0 Å². The Bertz CT molecular complexity index is 1160. The van der Waals surface area contributed by atoms with E-state index in [0.717, 1.165) is 69.8 Å². The molecule has 2 fully saturated rings. The van der Waals surface area contributed by atoms with Crippen molar-refractivity contribution in [1.29, 1.82) is 0 Å². The van der Waals surface area contributed by atoms with E-state index < -0.39 is 0 Å². The van der Waals surface area contributed by atoms with Crippen LogP contribution in [0.1, 0.15) is 31.2 Å². The van der Waals surface area contributed by atoms with Crippen molar-refractivity contribution in [2.45, 2.75) is 43.7 Å². The first kappa shape index (κ1) is 23.5. The van der Waals surface area contributed by atoms with E-state index in [0.29, 0.717) is 6.04 Å². The zero-order chi connectivity index (χ0) is 23.9. The number of hydrogen-bond acceptors (Lipinski definition) is 5. The molecular weight excluding hydrogens is 446 g/mol. The maximum atomic E-state index is 5.81. The first-order valence-electron chi connectivity index (χ1n) is 12.2. The number of ether oxygens (including phenoxy) is 3. The topological polar surface area (TPSA) is 45.0 Å². The highest BCUT2D eigenvalue weighted by Gasteiger charge is 2.44. The number of aromatic nitrogens is 2. The molecule has 182 valence electrons. The summed E-state index contributed by atoms with van der Waals surface area (Å²) >= 11 is 1.74. The van der Waals surface area contributed by atoms with E-state index >= 15 is 0 Å². The van der Waals surface area contributed by atoms with Crippen LogP contribution in [0.4, 0.5) is 5.69 Å². The van der Waals surface area contributed by atoms with E-state index in [2.05, 4.69) is 55.1 Å². The summed E-state index contributed by atoms with van der Waals surface area (Å²) in [6.45, 7) is 4.92. The summed E-state index contributed by atoms with van der Waals surface area (Å²) < 4.78 is 20.4. The summed E-state index contributed by atoms with van der Waals surface area (Å²) in [5.74, 6) is 2.40. The highest BCUT2D eigenvalue weighted by molar-refractivity contribution is 7.98. The summed E-state index contributed by atoms with van der Waals surface area (Å²) in [6, 6.07) is 11.1. The monoisotopic (exact) mass is 482 g/mol. The number of fused-ring (bicyclic) bond motifs is 1. The minimum atomic E-state index is 0.542. The fraction of sp³-hybridized carbons (Fsp3) is 0.519. The van der Waals surface area contributed by atoms with Gasteiger partial charge in [0.2, 0.25) is 0 Å². The number of hydrogen-bond donors (Lipinski definition) is 0. The molecule has 3 heterocycles. The van der Waals surface area contributed by atoms with Crippen LogP contribution in [0.15, 0.2) is 35.4 Å². The van der Waals surface area contributed by atoms with Gasteiger partial charge in [0.25, 0.3) is 0 Å². The average Bonchev–Trinajstić information content (AvgIpc) is 3.58. The number of pyridine rings is 1. The van der Waals surface area contributed by atoms with Gasteiger partial charge in [-0.15, -0.1) is 11.8 Å². The summed E-state index contributed by atoms with van der Waals surface area (Å²) in [4.78, 5) is 0. The smallest absolute Gasteiger partial charge is 0.193 e. The molecule has 1 saturated carbocycles. The van der Waals surface area contributed by atoms with E-state index in [1.807, 2.05) is 0 Å². The molecule has 0 bridgehead atoms. The quantitative estimate of drug-likeness (QED) is 0.310. The summed E-state index contributed by atoms with van der Waals surface area (Å²) in [5.41, 5.74) is 5.53. The molecule has 5 rings (SSSR count). The summed E-state index contributed by atoms with van der Waals surface area (Å²) in [6.07, 6.45) is 7.01. The van der Waals surface area contributed by atoms with E-state index in [4.69, 9.17) is 19.3 Å². The van der Waals surface area contributed by atoms with Crippen molar-refractivity contribution < 1.29 is 14.2 Å². The molecule has 2 aliphatic rings. The lowest BCUT2D eigenvalue weighted by Gasteiger charge is -2.43. The van der Waals surface area contributed by atoms with Gasteiger partial charge in [-0.05, 0) is 55.9 Å². The molecule has 1 aromatic carbocycles. The third-order valence-electron chi connectivity index (χ3n) is 7.54. The van der Waals surface area contributed by atoms with Crippen LogP contribution in [0.5, 0.6) is 11.5 Å². The Morgan fingerprint density at radius 1 is 1.09 bits per heavy atom. The largest absolute Gasteiger partial charge is 0.496 e. The molecule has 1 aliphatic carbocycles. The number of aryl methyl sites for hydroxylation is 1. The summed E-state index contributed by atoms with van der Waals surface area (Å²) in [7, 11) is 5.87. The van der Waals surface area contributed by atoms with Gasteiger partial charge in [0.05, 0.1) is 58.3 Å². The van der Waals surface area contributed by atoms with Gasteiger partial charge in [0.1, 0.15) is 17.0 Å². The molecule has 1 saturated heterocycles. The van der Waals surface area contributed by atoms with Crippen LogP contribution >= 0.6 is 11.8 Å². The first-order chi connectivity index (χ1) is 16.5. The van der Waals surface area contributed by atoms with Gasteiger partial charge in [0, 0.05) is 18.8 Å². The Balaban J connectivity index is 1.74. The van der Waals surface area contributed by atoms with Crippen molar-refractivity contribution in [3.63, 3.8) is 0 Å². The molecule has 6 nitrogen and oxygen atoms in total. The van der Waals surface area contributed by atoms with E-state index in [9.17, 15) is 0 Å². The Labute approximate surface area is 206 Å². The predicted octanol–water partition coefficient (Wildman–Crippen LogP) is 5.57. The Morgan fingerprint density at radius 2 is 1.76 bits per heavy atom. The number of benzene rings is 1. The second-order valence-corrected chi connectivity index (χ2v) is 10.6. The molecule has 7 heteroatoms. The molecule has 0 radical (unpaired) electrons. The number of rotatable bonds is 8. The number of thioether (sulfide) groups is 1. The van der Waals surface area contributed by atoms with Crippen LogP contribution < -0.4 is 14.0 Å². The van der Waals surface area contributed by atoms with Gasteiger partial charge < -0.3 is 14.2 Å². The van der Waals surface area contributed by atoms with Crippen LogP contribution in [-0.2, 0) is 4.74 Å². The van der Waals surface area contributed by atoms with Crippen molar-refractivity contribution in [3.8, 4) is 22.8 Å². The first-order valence-corrected chi connectivity index (χ1v) is 13.4. The van der Waals surface area contributed by atoms with Crippen molar-refractivity contribution in [3.05, 3.63) is 35.9 Å². The third kappa shape index (κ3) is 4.08. The summed E-state index contributed by atoms with van der Waals surface area (Å²) in [5, 5.41) is 6.29. The fourth-order valence-corrected chi connectivity index (χ4v) is 6.32. The number of nitrogens with zero attached hydrogens (tertiary/aromatic N) is 3. The Kier molecular flexibility index (Phi) is 6.53. The highest BCUT2D eigenvalue weighted by atomic mass is 32.2. The van der Waals surface area contributed by atoms with E-state index in [1.54, 1.807) is 26.0 Å². The fourth-order valence-electron chi connectivity index (χ4n) is 5.65. The molecule has 0 spiro atoms. The second-order valence-electron chi connectivity index (χ2n) is 9.85. The van der Waals surface area contributed by atoms with Crippen molar-refractivity contribution in [2.75, 3.05) is 47.3 Å². The second kappa shape index (κ2) is 9.44. The lowest BCUT2D eigenvalue weighted by atomic mass is 10.0. The Morgan fingerprint density at radius 3 is 2.35 bits per heavy atom. The number of quaternary nitrogens is 1. The van der Waals surface area contributed by atoms with Crippen LogP contribution in [0.25, 0.3) is 16.8 Å². The molecule has 3 aromatic rings. The molecule has 1 aliphatic heterocycles. The zero-order valence-corrected chi connectivity index (χ0v) is 21.8. The van der Waals surface area contributed by atoms with Gasteiger partial charge in [-0.25, -0.2) is 4.52 Å². The SMILES string of the molecule is COc1cc(C)cc(OC)c1-c1cccc2c([N+](C)(CC3CC3)C3CCOCC3)c(SC)nn12. The lowest BCUT2D eigenvalue weighted by Crippen LogP contribution is -2.56. The van der Waals surface area contributed by atoms with Crippen LogP contribution in [0.3, 0.4) is 0 Å². The molecule has 0 N–H and O–H groups in total. The van der Waals surface area contributed by atoms with Crippen LogP contribution in [0.2, 0.25) is 0 Å². The van der Waals surface area contributed by atoms with Crippen molar-refractivity contribution >= 4 is 23.0 Å². The van der Waals surface area contributed by atoms with Gasteiger partial charge >= 0.3 is 0 Å². The van der Waals surface area contributed by atoms with E-state index in [1.165, 1.54) is 30.6 Å². The minimum Gasteiger partial charge on any atom is -0.496 e. The minimum absolute atomic E-state index is 0.542.